The maximum absolute atomic E-state index is 13.7. The van der Waals surface area contributed by atoms with Gasteiger partial charge in [0.1, 0.15) is 11.4 Å². The second-order valence-electron chi connectivity index (χ2n) is 6.42. The fourth-order valence-electron chi connectivity index (χ4n) is 4.20. The molecule has 0 aliphatic carbocycles. The molecule has 2 amide bonds. The Morgan fingerprint density at radius 3 is 2.60 bits per heavy atom. The molecule has 2 saturated heterocycles. The molecule has 0 radical (unpaired) electrons. The van der Waals surface area contributed by atoms with Crippen molar-refractivity contribution in [2.75, 3.05) is 13.7 Å². The number of likely N-dealkylation sites (tertiary alicyclic amines) is 1. The van der Waals surface area contributed by atoms with Gasteiger partial charge in [-0.05, 0) is 31.0 Å². The first-order valence-corrected chi connectivity index (χ1v) is 8.38. The minimum Gasteiger partial charge on any atom is -0.468 e. The van der Waals surface area contributed by atoms with E-state index in [-0.39, 0.29) is 24.8 Å². The summed E-state index contributed by atoms with van der Waals surface area (Å²) in [6.45, 7) is 3.72. The van der Waals surface area contributed by atoms with E-state index in [9.17, 15) is 18.8 Å². The zero-order valence-electron chi connectivity index (χ0n) is 14.4. The Hall–Kier alpha value is -2.28. The number of esters is 1. The molecule has 0 bridgehead atoms. The summed E-state index contributed by atoms with van der Waals surface area (Å²) in [5.41, 5.74) is -0.763. The highest BCUT2D eigenvalue weighted by atomic mass is 19.1. The summed E-state index contributed by atoms with van der Waals surface area (Å²) in [7, 11) is 1.25. The number of benzene rings is 1. The fraction of sp³-hybridized carbons (Fsp3) is 0.500. The van der Waals surface area contributed by atoms with E-state index in [1.54, 1.807) is 26.0 Å². The van der Waals surface area contributed by atoms with E-state index >= 15 is 0 Å². The third kappa shape index (κ3) is 2.37. The summed E-state index contributed by atoms with van der Waals surface area (Å²) < 4.78 is 18.6. The molecule has 1 aromatic rings. The van der Waals surface area contributed by atoms with Gasteiger partial charge in [-0.2, -0.15) is 0 Å². The van der Waals surface area contributed by atoms with Gasteiger partial charge in [-0.15, -0.1) is 0 Å². The maximum Gasteiger partial charge on any atom is 0.326 e. The summed E-state index contributed by atoms with van der Waals surface area (Å²) in [4.78, 5) is 39.4. The molecule has 1 N–H and O–H groups in total. The number of carbonyl (C=O) groups is 3. The average Bonchev–Trinajstić information content (AvgIpc) is 3.09. The van der Waals surface area contributed by atoms with Gasteiger partial charge in [0, 0.05) is 12.6 Å². The van der Waals surface area contributed by atoms with Gasteiger partial charge in [0.25, 0.3) is 0 Å². The predicted molar refractivity (Wildman–Crippen MR) is 86.7 cm³/mol. The first kappa shape index (κ1) is 17.5. The Bertz CT molecular complexity index is 738. The molecule has 7 heteroatoms. The quantitative estimate of drug-likeness (QED) is 0.658. The van der Waals surface area contributed by atoms with Gasteiger partial charge >= 0.3 is 5.97 Å². The molecule has 2 heterocycles. The first-order chi connectivity index (χ1) is 11.9. The van der Waals surface area contributed by atoms with Crippen LogP contribution in [0, 0.1) is 17.7 Å². The van der Waals surface area contributed by atoms with Gasteiger partial charge in [-0.1, -0.05) is 19.1 Å². The van der Waals surface area contributed by atoms with Crippen LogP contribution in [0.25, 0.3) is 0 Å². The zero-order chi connectivity index (χ0) is 18.4. The standard InChI is InChI=1S/C18H21FN2O4/c1-4-18(17(24)25-3)13-12(15(22)21(5-2)16(13)23)14(20-18)10-7-6-8-11(19)9-10/h6-9,12-14,20H,4-5H2,1-3H3/t12-,13+,14-,18-/m0/s1. The van der Waals surface area contributed by atoms with Crippen molar-refractivity contribution in [1.82, 2.24) is 10.2 Å². The lowest BCUT2D eigenvalue weighted by molar-refractivity contribution is -0.154. The predicted octanol–water partition coefficient (Wildman–Crippen LogP) is 1.41. The molecular formula is C18H21FN2O4. The van der Waals surface area contributed by atoms with Crippen LogP contribution in [0.3, 0.4) is 0 Å². The minimum atomic E-state index is -1.30. The summed E-state index contributed by atoms with van der Waals surface area (Å²) in [5.74, 6) is -3.34. The SMILES string of the molecule is CCN1C(=O)[C@@H]2[C@H](c3cccc(F)c3)N[C@](CC)(C(=O)OC)[C@H]2C1=O. The number of nitrogens with one attached hydrogen (secondary N) is 1. The molecule has 0 saturated carbocycles. The number of fused-ring (bicyclic) bond motifs is 1. The van der Waals surface area contributed by atoms with E-state index in [4.69, 9.17) is 4.74 Å². The van der Waals surface area contributed by atoms with Crippen molar-refractivity contribution in [2.24, 2.45) is 11.8 Å². The molecule has 1 aromatic carbocycles. The van der Waals surface area contributed by atoms with Crippen molar-refractivity contribution in [1.29, 1.82) is 0 Å². The number of imide groups is 1. The maximum atomic E-state index is 13.7. The molecule has 2 aliphatic heterocycles. The van der Waals surface area contributed by atoms with Crippen molar-refractivity contribution in [3.05, 3.63) is 35.6 Å². The number of hydrogen-bond donors (Lipinski definition) is 1. The molecular weight excluding hydrogens is 327 g/mol. The number of methoxy groups -OCH3 is 1. The van der Waals surface area contributed by atoms with Crippen LogP contribution in [-0.2, 0) is 19.1 Å². The highest BCUT2D eigenvalue weighted by Gasteiger charge is 2.67. The first-order valence-electron chi connectivity index (χ1n) is 8.38. The van der Waals surface area contributed by atoms with E-state index < -0.39 is 35.2 Å². The smallest absolute Gasteiger partial charge is 0.326 e. The van der Waals surface area contributed by atoms with E-state index in [1.165, 1.54) is 24.1 Å². The summed E-state index contributed by atoms with van der Waals surface area (Å²) in [6, 6.07) is 5.23. The highest BCUT2D eigenvalue weighted by Crippen LogP contribution is 2.50. The number of rotatable bonds is 4. The van der Waals surface area contributed by atoms with Crippen LogP contribution in [0.4, 0.5) is 4.39 Å². The van der Waals surface area contributed by atoms with Gasteiger partial charge in [-0.3, -0.25) is 24.6 Å². The van der Waals surface area contributed by atoms with Crippen molar-refractivity contribution in [2.45, 2.75) is 31.8 Å². The van der Waals surface area contributed by atoms with Gasteiger partial charge in [0.15, 0.2) is 0 Å². The third-order valence-electron chi connectivity index (χ3n) is 5.38. The highest BCUT2D eigenvalue weighted by molar-refractivity contribution is 6.09. The molecule has 2 fully saturated rings. The molecule has 2 aliphatic rings. The summed E-state index contributed by atoms with van der Waals surface area (Å²) in [5, 5.41) is 3.15. The fourth-order valence-corrected chi connectivity index (χ4v) is 4.20. The van der Waals surface area contributed by atoms with Crippen LogP contribution in [0.15, 0.2) is 24.3 Å². The van der Waals surface area contributed by atoms with Crippen molar-refractivity contribution >= 4 is 17.8 Å². The van der Waals surface area contributed by atoms with Crippen LogP contribution >= 0.6 is 0 Å². The van der Waals surface area contributed by atoms with Crippen LogP contribution in [-0.4, -0.2) is 41.9 Å². The molecule has 25 heavy (non-hydrogen) atoms. The van der Waals surface area contributed by atoms with Crippen molar-refractivity contribution in [3.63, 3.8) is 0 Å². The lowest BCUT2D eigenvalue weighted by atomic mass is 9.78. The van der Waals surface area contributed by atoms with Crippen LogP contribution < -0.4 is 5.32 Å². The summed E-state index contributed by atoms with van der Waals surface area (Å²) in [6.07, 6.45) is 0.281. The monoisotopic (exact) mass is 348 g/mol. The second kappa shape index (κ2) is 6.22. The largest absolute Gasteiger partial charge is 0.468 e. The number of ether oxygens (including phenoxy) is 1. The molecule has 0 aromatic heterocycles. The number of nitrogens with zero attached hydrogens (tertiary/aromatic N) is 1. The van der Waals surface area contributed by atoms with E-state index in [0.29, 0.717) is 5.56 Å². The van der Waals surface area contributed by atoms with Crippen LogP contribution in [0.2, 0.25) is 0 Å². The van der Waals surface area contributed by atoms with Crippen molar-refractivity contribution in [3.8, 4) is 0 Å². The molecule has 0 unspecified atom stereocenters. The Labute approximate surface area is 145 Å². The third-order valence-corrected chi connectivity index (χ3v) is 5.38. The normalized spacial score (nSPS) is 31.4. The molecule has 4 atom stereocenters. The average molecular weight is 348 g/mol. The van der Waals surface area contributed by atoms with E-state index in [0.717, 1.165) is 0 Å². The van der Waals surface area contributed by atoms with Crippen molar-refractivity contribution < 1.29 is 23.5 Å². The van der Waals surface area contributed by atoms with Crippen LogP contribution in [0.1, 0.15) is 31.9 Å². The molecule has 3 rings (SSSR count). The Balaban J connectivity index is 2.15. The number of carbonyl (C=O) groups excluding carboxylic acids is 3. The van der Waals surface area contributed by atoms with Crippen LogP contribution in [0.5, 0.6) is 0 Å². The molecule has 0 spiro atoms. The van der Waals surface area contributed by atoms with Gasteiger partial charge < -0.3 is 4.74 Å². The lowest BCUT2D eigenvalue weighted by Crippen LogP contribution is -2.55. The summed E-state index contributed by atoms with van der Waals surface area (Å²) >= 11 is 0. The minimum absolute atomic E-state index is 0.238. The Morgan fingerprint density at radius 1 is 1.32 bits per heavy atom. The number of hydrogen-bond acceptors (Lipinski definition) is 5. The Morgan fingerprint density at radius 2 is 2.04 bits per heavy atom. The van der Waals surface area contributed by atoms with Gasteiger partial charge in [0.2, 0.25) is 11.8 Å². The van der Waals surface area contributed by atoms with Gasteiger partial charge in [-0.25, -0.2) is 4.39 Å². The number of amides is 2. The van der Waals surface area contributed by atoms with E-state index in [1.807, 2.05) is 0 Å². The second-order valence-corrected chi connectivity index (χ2v) is 6.42. The Kier molecular flexibility index (Phi) is 4.36. The lowest BCUT2D eigenvalue weighted by Gasteiger charge is -2.31. The molecule has 134 valence electrons. The van der Waals surface area contributed by atoms with Gasteiger partial charge in [0.05, 0.1) is 18.9 Å². The number of halogens is 1. The van der Waals surface area contributed by atoms with E-state index in [2.05, 4.69) is 5.32 Å². The topological polar surface area (TPSA) is 75.7 Å². The molecule has 6 nitrogen and oxygen atoms in total. The zero-order valence-corrected chi connectivity index (χ0v) is 14.4.